The first kappa shape index (κ1) is 20.1. The number of benzene rings is 1. The molecule has 1 atom stereocenters. The summed E-state index contributed by atoms with van der Waals surface area (Å²) in [6.45, 7) is 2.30. The molecule has 7 heteroatoms. The zero-order valence-corrected chi connectivity index (χ0v) is 17.2. The predicted octanol–water partition coefficient (Wildman–Crippen LogP) is 3.14. The molecule has 1 aliphatic heterocycles. The molecular weight excluding hydrogens is 374 g/mol. The van der Waals surface area contributed by atoms with Crippen LogP contribution in [0.2, 0.25) is 0 Å². The van der Waals surface area contributed by atoms with E-state index in [9.17, 15) is 14.4 Å². The van der Waals surface area contributed by atoms with E-state index in [0.29, 0.717) is 24.3 Å². The maximum Gasteiger partial charge on any atom is 0.264 e. The van der Waals surface area contributed by atoms with E-state index in [4.69, 9.17) is 0 Å². The number of thiophene rings is 1. The molecule has 3 amide bonds. The maximum absolute atomic E-state index is 13.1. The molecule has 0 spiro atoms. The number of nitrogens with one attached hydrogen (secondary N) is 1. The second-order valence-electron chi connectivity index (χ2n) is 7.14. The van der Waals surface area contributed by atoms with Gasteiger partial charge in [-0.3, -0.25) is 14.4 Å². The van der Waals surface area contributed by atoms with Gasteiger partial charge >= 0.3 is 0 Å². The molecule has 3 rings (SSSR count). The molecule has 2 aromatic rings. The second kappa shape index (κ2) is 8.56. The monoisotopic (exact) mass is 399 g/mol. The summed E-state index contributed by atoms with van der Waals surface area (Å²) in [5.41, 5.74) is 2.71. The van der Waals surface area contributed by atoms with Gasteiger partial charge in [-0.05, 0) is 41.1 Å². The molecule has 1 aromatic heterocycles. The largest absolute Gasteiger partial charge is 0.347 e. The van der Waals surface area contributed by atoms with E-state index in [1.807, 2.05) is 36.6 Å². The van der Waals surface area contributed by atoms with Gasteiger partial charge in [-0.25, -0.2) is 0 Å². The minimum absolute atomic E-state index is 0.0227. The van der Waals surface area contributed by atoms with Gasteiger partial charge in [0.05, 0.1) is 4.88 Å². The fourth-order valence-corrected chi connectivity index (χ4v) is 4.07. The Bertz CT molecular complexity index is 877. The molecule has 1 unspecified atom stereocenters. The number of nitrogens with zero attached hydrogens (tertiary/aromatic N) is 2. The smallest absolute Gasteiger partial charge is 0.264 e. The van der Waals surface area contributed by atoms with Gasteiger partial charge in [-0.15, -0.1) is 11.3 Å². The van der Waals surface area contributed by atoms with Crippen molar-refractivity contribution in [2.75, 3.05) is 19.4 Å². The Morgan fingerprint density at radius 3 is 2.64 bits per heavy atom. The van der Waals surface area contributed by atoms with Crippen molar-refractivity contribution in [2.45, 2.75) is 38.8 Å². The first-order valence-corrected chi connectivity index (χ1v) is 10.3. The van der Waals surface area contributed by atoms with Gasteiger partial charge < -0.3 is 15.1 Å². The van der Waals surface area contributed by atoms with Crippen LogP contribution in [0.15, 0.2) is 35.7 Å². The van der Waals surface area contributed by atoms with Gasteiger partial charge in [-0.1, -0.05) is 19.1 Å². The summed E-state index contributed by atoms with van der Waals surface area (Å²) in [7, 11) is 3.41. The van der Waals surface area contributed by atoms with Gasteiger partial charge in [0.2, 0.25) is 11.8 Å². The second-order valence-corrected chi connectivity index (χ2v) is 8.09. The van der Waals surface area contributed by atoms with Crippen molar-refractivity contribution in [3.05, 3.63) is 51.7 Å². The molecule has 0 aliphatic carbocycles. The van der Waals surface area contributed by atoms with E-state index in [0.717, 1.165) is 23.2 Å². The van der Waals surface area contributed by atoms with Gasteiger partial charge in [0.25, 0.3) is 5.91 Å². The molecule has 0 bridgehead atoms. The summed E-state index contributed by atoms with van der Waals surface area (Å²) in [5.74, 6) is -0.248. The van der Waals surface area contributed by atoms with Gasteiger partial charge in [0, 0.05) is 39.2 Å². The average molecular weight is 400 g/mol. The van der Waals surface area contributed by atoms with E-state index in [1.165, 1.54) is 16.2 Å². The Kier molecular flexibility index (Phi) is 6.14. The fourth-order valence-electron chi connectivity index (χ4n) is 3.39. The van der Waals surface area contributed by atoms with E-state index >= 15 is 0 Å². The molecule has 2 heterocycles. The number of amides is 3. The number of rotatable bonds is 5. The van der Waals surface area contributed by atoms with E-state index in [2.05, 4.69) is 5.32 Å². The van der Waals surface area contributed by atoms with Crippen LogP contribution >= 0.6 is 11.3 Å². The Hall–Kier alpha value is -2.67. The van der Waals surface area contributed by atoms with Gasteiger partial charge in [-0.2, -0.15) is 0 Å². The Labute approximate surface area is 169 Å². The number of likely N-dealkylation sites (N-methyl/N-ethyl adjacent to an activating group) is 1. The number of hydrogen-bond acceptors (Lipinski definition) is 4. The van der Waals surface area contributed by atoms with Crippen LogP contribution in [0.3, 0.4) is 0 Å². The number of hydrogen-bond donors (Lipinski definition) is 1. The summed E-state index contributed by atoms with van der Waals surface area (Å²) >= 11 is 1.37. The highest BCUT2D eigenvalue weighted by Crippen LogP contribution is 2.29. The molecule has 148 valence electrons. The van der Waals surface area contributed by atoms with Crippen molar-refractivity contribution >= 4 is 34.7 Å². The summed E-state index contributed by atoms with van der Waals surface area (Å²) < 4.78 is 0. The first-order chi connectivity index (χ1) is 13.4. The molecule has 1 aliphatic rings. The van der Waals surface area contributed by atoms with Crippen LogP contribution in [0.5, 0.6) is 0 Å². The van der Waals surface area contributed by atoms with Crippen molar-refractivity contribution in [2.24, 2.45) is 0 Å². The highest BCUT2D eigenvalue weighted by Gasteiger charge is 2.36. The first-order valence-electron chi connectivity index (χ1n) is 9.38. The summed E-state index contributed by atoms with van der Waals surface area (Å²) in [6.07, 6.45) is 1.72. The molecule has 6 nitrogen and oxygen atoms in total. The van der Waals surface area contributed by atoms with Crippen LogP contribution in [0.25, 0.3) is 0 Å². The zero-order chi connectivity index (χ0) is 20.3. The predicted molar refractivity (Wildman–Crippen MR) is 110 cm³/mol. The Morgan fingerprint density at radius 1 is 1.21 bits per heavy atom. The Morgan fingerprint density at radius 2 is 2.00 bits per heavy atom. The number of carbonyl (C=O) groups is 3. The minimum atomic E-state index is -0.530. The normalized spacial score (nSPS) is 15.7. The van der Waals surface area contributed by atoms with Crippen molar-refractivity contribution in [1.29, 1.82) is 0 Å². The quantitative estimate of drug-likeness (QED) is 0.840. The van der Waals surface area contributed by atoms with Gasteiger partial charge in [0.1, 0.15) is 6.04 Å². The standard InChI is InChI=1S/C21H25N3O3S/c1-4-6-19(25)22-16-9-8-14-12-17(20(26)23(2)3)24(13-15(14)11-16)21(27)18-7-5-10-28-18/h5,7-11,17H,4,6,12-13H2,1-3H3,(H,22,25). The van der Waals surface area contributed by atoms with Crippen molar-refractivity contribution in [3.63, 3.8) is 0 Å². The lowest BCUT2D eigenvalue weighted by molar-refractivity contribution is -0.134. The highest BCUT2D eigenvalue weighted by molar-refractivity contribution is 7.12. The Balaban J connectivity index is 1.90. The van der Waals surface area contributed by atoms with E-state index in [-0.39, 0.29) is 17.7 Å². The summed E-state index contributed by atoms with van der Waals surface area (Å²) in [5, 5.41) is 4.76. The van der Waals surface area contributed by atoms with Crippen molar-refractivity contribution in [3.8, 4) is 0 Å². The molecule has 28 heavy (non-hydrogen) atoms. The van der Waals surface area contributed by atoms with Crippen molar-refractivity contribution in [1.82, 2.24) is 9.80 Å². The van der Waals surface area contributed by atoms with Crippen molar-refractivity contribution < 1.29 is 14.4 Å². The number of anilines is 1. The summed E-state index contributed by atoms with van der Waals surface area (Å²) in [6, 6.07) is 8.80. The number of carbonyl (C=O) groups excluding carboxylic acids is 3. The third kappa shape index (κ3) is 4.25. The maximum atomic E-state index is 13.1. The highest BCUT2D eigenvalue weighted by atomic mass is 32.1. The van der Waals surface area contributed by atoms with E-state index in [1.54, 1.807) is 25.1 Å². The van der Waals surface area contributed by atoms with Crippen LogP contribution in [-0.4, -0.2) is 47.7 Å². The molecule has 1 N–H and O–H groups in total. The minimum Gasteiger partial charge on any atom is -0.347 e. The molecule has 0 fully saturated rings. The third-order valence-corrected chi connectivity index (χ3v) is 5.67. The molecular formula is C21H25N3O3S. The lowest BCUT2D eigenvalue weighted by Gasteiger charge is -2.37. The van der Waals surface area contributed by atoms with E-state index < -0.39 is 6.04 Å². The lowest BCUT2D eigenvalue weighted by Crippen LogP contribution is -2.52. The van der Waals surface area contributed by atoms with Crippen LogP contribution in [0.4, 0.5) is 5.69 Å². The van der Waals surface area contributed by atoms with Gasteiger partial charge in [0.15, 0.2) is 0 Å². The average Bonchev–Trinajstić information content (AvgIpc) is 3.20. The van der Waals surface area contributed by atoms with Crippen LogP contribution in [0, 0.1) is 0 Å². The summed E-state index contributed by atoms with van der Waals surface area (Å²) in [4.78, 5) is 41.5. The fraction of sp³-hybridized carbons (Fsp3) is 0.381. The molecule has 1 aromatic carbocycles. The zero-order valence-electron chi connectivity index (χ0n) is 16.4. The molecule has 0 saturated carbocycles. The topological polar surface area (TPSA) is 69.7 Å². The van der Waals surface area contributed by atoms with Crippen LogP contribution in [-0.2, 0) is 22.6 Å². The van der Waals surface area contributed by atoms with Crippen LogP contribution < -0.4 is 5.32 Å². The third-order valence-electron chi connectivity index (χ3n) is 4.82. The molecule has 0 radical (unpaired) electrons. The molecule has 0 saturated heterocycles. The SMILES string of the molecule is CCCC(=O)Nc1ccc2c(c1)CN(C(=O)c1cccs1)C(C(=O)N(C)C)C2. The lowest BCUT2D eigenvalue weighted by atomic mass is 9.92. The van der Waals surface area contributed by atoms with Crippen LogP contribution in [0.1, 0.15) is 40.6 Å². The number of fused-ring (bicyclic) bond motifs is 1.